The molecule has 0 aliphatic rings. The zero-order chi connectivity index (χ0) is 21.4. The van der Waals surface area contributed by atoms with E-state index in [0.717, 1.165) is 10.0 Å². The molecule has 0 heterocycles. The Morgan fingerprint density at radius 3 is 2.38 bits per heavy atom. The quantitative estimate of drug-likeness (QED) is 0.446. The summed E-state index contributed by atoms with van der Waals surface area (Å²) in [6.45, 7) is 3.36. The third kappa shape index (κ3) is 6.71. The van der Waals surface area contributed by atoms with Crippen molar-refractivity contribution in [1.82, 2.24) is 5.32 Å². The van der Waals surface area contributed by atoms with E-state index in [-0.39, 0.29) is 24.7 Å². The van der Waals surface area contributed by atoms with E-state index < -0.39 is 18.0 Å². The van der Waals surface area contributed by atoms with Gasteiger partial charge in [-0.25, -0.2) is 0 Å². The molecule has 0 radical (unpaired) electrons. The average Bonchev–Trinajstić information content (AvgIpc) is 2.72. The maximum atomic E-state index is 12.4. The van der Waals surface area contributed by atoms with E-state index in [4.69, 9.17) is 9.47 Å². The van der Waals surface area contributed by atoms with Crippen LogP contribution in [0.3, 0.4) is 0 Å². The number of carbonyl (C=O) groups excluding carboxylic acids is 3. The Labute approximate surface area is 178 Å². The molecule has 7 heteroatoms. The Morgan fingerprint density at radius 1 is 1.03 bits per heavy atom. The summed E-state index contributed by atoms with van der Waals surface area (Å²) in [5.74, 6) is -0.805. The highest BCUT2D eigenvalue weighted by atomic mass is 79.9. The van der Waals surface area contributed by atoms with Gasteiger partial charge in [0.2, 0.25) is 0 Å². The van der Waals surface area contributed by atoms with Crippen LogP contribution in [0.1, 0.15) is 48.7 Å². The first-order valence-corrected chi connectivity index (χ1v) is 10.0. The summed E-state index contributed by atoms with van der Waals surface area (Å²) in [5.41, 5.74) is 1.34. The zero-order valence-corrected chi connectivity index (χ0v) is 18.2. The lowest BCUT2D eigenvalue weighted by Crippen LogP contribution is -2.37. The van der Waals surface area contributed by atoms with Gasteiger partial charge in [-0.1, -0.05) is 46.3 Å². The normalized spacial score (nSPS) is 12.6. The molecule has 0 aliphatic heterocycles. The fraction of sp³-hybridized carbons (Fsp3) is 0.318. The molecule has 2 rings (SSSR count). The van der Waals surface area contributed by atoms with Crippen molar-refractivity contribution in [1.29, 1.82) is 0 Å². The lowest BCUT2D eigenvalue weighted by Gasteiger charge is -2.18. The molecular weight excluding hydrogens is 438 g/mol. The van der Waals surface area contributed by atoms with Crippen LogP contribution < -0.4 is 10.1 Å². The van der Waals surface area contributed by atoms with Gasteiger partial charge in [0, 0.05) is 10.9 Å². The van der Waals surface area contributed by atoms with Crippen LogP contribution in [0.2, 0.25) is 0 Å². The Kier molecular flexibility index (Phi) is 8.39. The fourth-order valence-corrected chi connectivity index (χ4v) is 3.07. The number of ketones is 1. The first-order valence-electron chi connectivity index (χ1n) is 9.23. The highest BCUT2D eigenvalue weighted by Crippen LogP contribution is 2.24. The van der Waals surface area contributed by atoms with Gasteiger partial charge >= 0.3 is 5.97 Å². The van der Waals surface area contributed by atoms with Gasteiger partial charge in [-0.2, -0.15) is 0 Å². The molecule has 154 valence electrons. The fourth-order valence-electron chi connectivity index (χ4n) is 2.71. The van der Waals surface area contributed by atoms with Crippen LogP contribution in [0.5, 0.6) is 5.75 Å². The molecule has 6 nitrogen and oxygen atoms in total. The molecule has 0 aromatic heterocycles. The molecule has 1 N–H and O–H groups in total. The molecule has 0 spiro atoms. The highest BCUT2D eigenvalue weighted by molar-refractivity contribution is 9.10. The van der Waals surface area contributed by atoms with Crippen molar-refractivity contribution >= 4 is 33.6 Å². The summed E-state index contributed by atoms with van der Waals surface area (Å²) in [7, 11) is 1.48. The Bertz CT molecular complexity index is 869. The monoisotopic (exact) mass is 461 g/mol. The smallest absolute Gasteiger partial charge is 0.307 e. The van der Waals surface area contributed by atoms with Crippen LogP contribution in [0, 0.1) is 0 Å². The van der Waals surface area contributed by atoms with E-state index in [1.807, 2.05) is 37.3 Å². The van der Waals surface area contributed by atoms with Gasteiger partial charge in [-0.3, -0.25) is 14.4 Å². The summed E-state index contributed by atoms with van der Waals surface area (Å²) in [4.78, 5) is 36.8. The number of Topliss-reactive ketones (excluding diaryl/α,β-unsaturated/α-hetero) is 1. The molecule has 2 aromatic rings. The van der Waals surface area contributed by atoms with Gasteiger partial charge in [-0.05, 0) is 37.6 Å². The Hall–Kier alpha value is -2.67. The van der Waals surface area contributed by atoms with Crippen LogP contribution >= 0.6 is 15.9 Å². The Morgan fingerprint density at radius 2 is 1.72 bits per heavy atom. The molecule has 29 heavy (non-hydrogen) atoms. The predicted molar refractivity (Wildman–Crippen MR) is 113 cm³/mol. The van der Waals surface area contributed by atoms with Crippen LogP contribution in [0.4, 0.5) is 0 Å². The number of esters is 1. The molecule has 0 saturated heterocycles. The standard InChI is InChI=1S/C22H24BrNO5/c1-14(16-7-5-4-6-8-16)24-22(27)15(2)29-21(26)12-10-19(25)18-13-17(23)9-11-20(18)28-3/h4-9,11,13-15H,10,12H2,1-3H3,(H,24,27)/t14-,15-/m1/s1. The number of halogens is 1. The second kappa shape index (κ2) is 10.8. The number of carbonyl (C=O) groups is 3. The molecule has 0 bridgehead atoms. The van der Waals surface area contributed by atoms with Gasteiger partial charge in [0.1, 0.15) is 5.75 Å². The number of rotatable bonds is 9. The average molecular weight is 462 g/mol. The largest absolute Gasteiger partial charge is 0.496 e. The summed E-state index contributed by atoms with van der Waals surface area (Å²) in [6.07, 6.45) is -1.12. The molecule has 0 unspecified atom stereocenters. The molecule has 0 saturated carbocycles. The van der Waals surface area contributed by atoms with Crippen LogP contribution in [0.15, 0.2) is 53.0 Å². The van der Waals surface area contributed by atoms with Gasteiger partial charge in [-0.15, -0.1) is 0 Å². The van der Waals surface area contributed by atoms with Crippen molar-refractivity contribution < 1.29 is 23.9 Å². The van der Waals surface area contributed by atoms with E-state index in [2.05, 4.69) is 21.2 Å². The van der Waals surface area contributed by atoms with Crippen LogP contribution in [-0.4, -0.2) is 30.9 Å². The lowest BCUT2D eigenvalue weighted by atomic mass is 10.1. The third-order valence-electron chi connectivity index (χ3n) is 4.35. The van der Waals surface area contributed by atoms with Crippen molar-refractivity contribution in [2.75, 3.05) is 7.11 Å². The summed E-state index contributed by atoms with van der Waals surface area (Å²) in [6, 6.07) is 14.4. The van der Waals surface area contributed by atoms with Gasteiger partial charge in [0.15, 0.2) is 11.9 Å². The van der Waals surface area contributed by atoms with Crippen molar-refractivity contribution in [2.45, 2.75) is 38.8 Å². The molecule has 0 fully saturated rings. The predicted octanol–water partition coefficient (Wildman–Crippen LogP) is 4.23. The number of hydrogen-bond acceptors (Lipinski definition) is 5. The summed E-state index contributed by atoms with van der Waals surface area (Å²) in [5, 5.41) is 2.81. The van der Waals surface area contributed by atoms with Gasteiger partial charge in [0.05, 0.1) is 25.1 Å². The number of hydrogen-bond donors (Lipinski definition) is 1. The minimum atomic E-state index is -0.954. The van der Waals surface area contributed by atoms with Crippen molar-refractivity contribution in [3.8, 4) is 5.75 Å². The van der Waals surface area contributed by atoms with E-state index in [9.17, 15) is 14.4 Å². The number of nitrogens with one attached hydrogen (secondary N) is 1. The topological polar surface area (TPSA) is 81.7 Å². The van der Waals surface area contributed by atoms with E-state index in [0.29, 0.717) is 11.3 Å². The van der Waals surface area contributed by atoms with Crippen molar-refractivity contribution in [2.24, 2.45) is 0 Å². The second-order valence-corrected chi connectivity index (χ2v) is 7.46. The number of amides is 1. The molecule has 2 aromatic carbocycles. The molecular formula is C22H24BrNO5. The molecule has 0 aliphatic carbocycles. The van der Waals surface area contributed by atoms with Gasteiger partial charge in [0.25, 0.3) is 5.91 Å². The van der Waals surface area contributed by atoms with E-state index >= 15 is 0 Å². The van der Waals surface area contributed by atoms with E-state index in [1.54, 1.807) is 18.2 Å². The number of benzene rings is 2. The lowest BCUT2D eigenvalue weighted by molar-refractivity contribution is -0.155. The summed E-state index contributed by atoms with van der Waals surface area (Å²) >= 11 is 3.31. The van der Waals surface area contributed by atoms with Crippen molar-refractivity contribution in [3.63, 3.8) is 0 Å². The third-order valence-corrected chi connectivity index (χ3v) is 4.85. The highest BCUT2D eigenvalue weighted by Gasteiger charge is 2.21. The maximum Gasteiger partial charge on any atom is 0.307 e. The maximum absolute atomic E-state index is 12.4. The number of methoxy groups -OCH3 is 1. The van der Waals surface area contributed by atoms with E-state index in [1.165, 1.54) is 14.0 Å². The second-order valence-electron chi connectivity index (χ2n) is 6.54. The SMILES string of the molecule is COc1ccc(Br)cc1C(=O)CCC(=O)O[C@H](C)C(=O)N[C@H](C)c1ccccc1. The van der Waals surface area contributed by atoms with Crippen molar-refractivity contribution in [3.05, 3.63) is 64.1 Å². The van der Waals surface area contributed by atoms with Gasteiger partial charge < -0.3 is 14.8 Å². The molecule has 2 atom stereocenters. The number of ether oxygens (including phenoxy) is 2. The zero-order valence-electron chi connectivity index (χ0n) is 16.6. The summed E-state index contributed by atoms with van der Waals surface area (Å²) < 4.78 is 11.1. The van der Waals surface area contributed by atoms with Crippen LogP contribution in [-0.2, 0) is 14.3 Å². The first kappa shape index (κ1) is 22.6. The Balaban J connectivity index is 1.84. The minimum Gasteiger partial charge on any atom is -0.496 e. The molecule has 1 amide bonds. The first-order chi connectivity index (χ1) is 13.8. The minimum absolute atomic E-state index is 0.0413. The van der Waals surface area contributed by atoms with Crippen LogP contribution in [0.25, 0.3) is 0 Å².